The summed E-state index contributed by atoms with van der Waals surface area (Å²) < 4.78 is 49.4. The number of rotatable bonds is 2. The SMILES string of the molecule is CC.CC.CC.CC(=O)Cc1ccc(C(F)(F)F)c(F)c1.CN1CCN(C)CC1. The average Bonchev–Trinajstić information content (AvgIpc) is 2.68. The Morgan fingerprint density at radius 3 is 1.55 bits per heavy atom. The molecule has 0 aliphatic carbocycles. The Morgan fingerprint density at radius 1 is 0.897 bits per heavy atom. The van der Waals surface area contributed by atoms with Crippen molar-refractivity contribution in [3.63, 3.8) is 0 Å². The number of hydrogen-bond donors (Lipinski definition) is 0. The van der Waals surface area contributed by atoms with Gasteiger partial charge in [0.2, 0.25) is 0 Å². The number of carbonyl (C=O) groups excluding carboxylic acids is 1. The van der Waals surface area contributed by atoms with Crippen LogP contribution in [-0.4, -0.2) is 55.9 Å². The number of benzene rings is 1. The lowest BCUT2D eigenvalue weighted by Gasteiger charge is -2.28. The van der Waals surface area contributed by atoms with Crippen LogP contribution in [0.4, 0.5) is 17.6 Å². The fourth-order valence-electron chi connectivity index (χ4n) is 2.09. The number of piperazine rings is 1. The first-order valence-electron chi connectivity index (χ1n) is 10.3. The maximum atomic E-state index is 13.0. The van der Waals surface area contributed by atoms with Gasteiger partial charge in [-0.3, -0.25) is 4.79 Å². The minimum atomic E-state index is -4.70. The van der Waals surface area contributed by atoms with Crippen LogP contribution >= 0.6 is 0 Å². The van der Waals surface area contributed by atoms with E-state index in [1.54, 1.807) is 0 Å². The third kappa shape index (κ3) is 16.1. The second kappa shape index (κ2) is 18.6. The number of ketones is 1. The summed E-state index contributed by atoms with van der Waals surface area (Å²) in [5, 5.41) is 0. The monoisotopic (exact) mass is 424 g/mol. The van der Waals surface area contributed by atoms with E-state index in [-0.39, 0.29) is 17.8 Å². The van der Waals surface area contributed by atoms with E-state index < -0.39 is 17.6 Å². The van der Waals surface area contributed by atoms with Crippen molar-refractivity contribution in [3.05, 3.63) is 35.1 Å². The Bertz CT molecular complexity index is 516. The molecule has 0 N–H and O–H groups in total. The van der Waals surface area contributed by atoms with Gasteiger partial charge in [-0.2, -0.15) is 13.2 Å². The van der Waals surface area contributed by atoms with Crippen molar-refractivity contribution >= 4 is 5.78 Å². The van der Waals surface area contributed by atoms with Crippen molar-refractivity contribution in [1.82, 2.24) is 9.80 Å². The first-order chi connectivity index (χ1) is 13.6. The molecule has 1 aliphatic rings. The van der Waals surface area contributed by atoms with Crippen molar-refractivity contribution in [1.29, 1.82) is 0 Å². The first kappa shape index (κ1) is 32.2. The molecule has 0 unspecified atom stereocenters. The largest absolute Gasteiger partial charge is 0.419 e. The molecule has 29 heavy (non-hydrogen) atoms. The fourth-order valence-corrected chi connectivity index (χ4v) is 2.09. The van der Waals surface area contributed by atoms with Crippen LogP contribution in [0.15, 0.2) is 18.2 Å². The summed E-state index contributed by atoms with van der Waals surface area (Å²) in [6.45, 7) is 18.2. The van der Waals surface area contributed by atoms with Crippen molar-refractivity contribution in [2.75, 3.05) is 40.3 Å². The number of carbonyl (C=O) groups is 1. The van der Waals surface area contributed by atoms with E-state index in [4.69, 9.17) is 0 Å². The van der Waals surface area contributed by atoms with E-state index in [9.17, 15) is 22.4 Å². The van der Waals surface area contributed by atoms with Gasteiger partial charge < -0.3 is 9.80 Å². The van der Waals surface area contributed by atoms with Crippen LogP contribution in [0, 0.1) is 5.82 Å². The molecule has 172 valence electrons. The summed E-state index contributed by atoms with van der Waals surface area (Å²) in [7, 11) is 4.35. The van der Waals surface area contributed by atoms with Crippen LogP contribution in [0.3, 0.4) is 0 Å². The minimum absolute atomic E-state index is 0.0605. The molecule has 1 fully saturated rings. The molecule has 1 saturated heterocycles. The molecule has 1 heterocycles. The molecular weight excluding hydrogens is 384 g/mol. The van der Waals surface area contributed by atoms with E-state index in [0.29, 0.717) is 6.07 Å². The molecule has 2 rings (SSSR count). The lowest BCUT2D eigenvalue weighted by molar-refractivity contribution is -0.140. The van der Waals surface area contributed by atoms with Crippen LogP contribution in [0.25, 0.3) is 0 Å². The summed E-state index contributed by atoms with van der Waals surface area (Å²) >= 11 is 0. The molecule has 0 saturated carbocycles. The maximum Gasteiger partial charge on any atom is 0.419 e. The van der Waals surface area contributed by atoms with Gasteiger partial charge >= 0.3 is 6.18 Å². The third-order valence-electron chi connectivity index (χ3n) is 3.52. The van der Waals surface area contributed by atoms with Crippen molar-refractivity contribution in [2.24, 2.45) is 0 Å². The summed E-state index contributed by atoms with van der Waals surface area (Å²) in [6.07, 6.45) is -4.76. The van der Waals surface area contributed by atoms with Crippen molar-refractivity contribution < 1.29 is 22.4 Å². The normalized spacial score (nSPS) is 13.8. The second-order valence-corrected chi connectivity index (χ2v) is 5.80. The lowest BCUT2D eigenvalue weighted by Crippen LogP contribution is -2.42. The zero-order valence-corrected chi connectivity index (χ0v) is 19.6. The van der Waals surface area contributed by atoms with E-state index in [1.165, 1.54) is 33.1 Å². The van der Waals surface area contributed by atoms with Gasteiger partial charge in [0.05, 0.1) is 5.56 Å². The maximum absolute atomic E-state index is 13.0. The Kier molecular flexibility index (Phi) is 20.6. The third-order valence-corrected chi connectivity index (χ3v) is 3.52. The molecule has 7 heteroatoms. The summed E-state index contributed by atoms with van der Waals surface area (Å²) in [5.74, 6) is -1.57. The van der Waals surface area contributed by atoms with E-state index >= 15 is 0 Å². The fraction of sp³-hybridized carbons (Fsp3) is 0.682. The van der Waals surface area contributed by atoms with Crippen LogP contribution in [0.1, 0.15) is 59.6 Å². The van der Waals surface area contributed by atoms with Gasteiger partial charge in [0, 0.05) is 32.6 Å². The van der Waals surface area contributed by atoms with E-state index in [1.807, 2.05) is 41.5 Å². The summed E-state index contributed by atoms with van der Waals surface area (Å²) in [6, 6.07) is 2.49. The van der Waals surface area contributed by atoms with Crippen LogP contribution in [-0.2, 0) is 17.4 Å². The highest BCUT2D eigenvalue weighted by Crippen LogP contribution is 2.31. The lowest BCUT2D eigenvalue weighted by atomic mass is 10.1. The molecule has 1 aliphatic heterocycles. The topological polar surface area (TPSA) is 23.6 Å². The summed E-state index contributed by atoms with van der Waals surface area (Å²) in [5.41, 5.74) is -1.07. The quantitative estimate of drug-likeness (QED) is 0.551. The smallest absolute Gasteiger partial charge is 0.304 e. The molecule has 0 aromatic heterocycles. The minimum Gasteiger partial charge on any atom is -0.304 e. The Labute approximate surface area is 175 Å². The molecule has 1 aromatic rings. The van der Waals surface area contributed by atoms with Crippen molar-refractivity contribution in [2.45, 2.75) is 61.1 Å². The Morgan fingerprint density at radius 2 is 1.28 bits per heavy atom. The molecule has 0 spiro atoms. The van der Waals surface area contributed by atoms with Gasteiger partial charge in [0.25, 0.3) is 0 Å². The molecule has 0 amide bonds. The Balaban J connectivity index is -0.000000407. The number of nitrogens with zero attached hydrogens (tertiary/aromatic N) is 2. The highest BCUT2D eigenvalue weighted by molar-refractivity contribution is 5.78. The summed E-state index contributed by atoms with van der Waals surface area (Å²) in [4.78, 5) is 15.4. The second-order valence-electron chi connectivity index (χ2n) is 5.80. The molecule has 0 atom stereocenters. The number of Topliss-reactive ketones (excluding diaryl/α,β-unsaturated/α-hetero) is 1. The van der Waals surface area contributed by atoms with Gasteiger partial charge in [-0.05, 0) is 38.7 Å². The predicted octanol–water partition coefficient (Wildman–Crippen LogP) is 5.92. The molecular formula is C22H40F4N2O. The number of hydrogen-bond acceptors (Lipinski definition) is 3. The van der Waals surface area contributed by atoms with Gasteiger partial charge in [0.15, 0.2) is 0 Å². The average molecular weight is 425 g/mol. The van der Waals surface area contributed by atoms with Gasteiger partial charge in [0.1, 0.15) is 11.6 Å². The molecule has 0 bridgehead atoms. The van der Waals surface area contributed by atoms with Crippen LogP contribution < -0.4 is 0 Å². The molecule has 0 radical (unpaired) electrons. The molecule has 1 aromatic carbocycles. The Hall–Kier alpha value is -1.47. The first-order valence-corrected chi connectivity index (χ1v) is 10.3. The zero-order chi connectivity index (χ0) is 23.6. The van der Waals surface area contributed by atoms with Crippen LogP contribution in [0.5, 0.6) is 0 Å². The van der Waals surface area contributed by atoms with Crippen LogP contribution in [0.2, 0.25) is 0 Å². The number of likely N-dealkylation sites (N-methyl/N-ethyl adjacent to an activating group) is 2. The van der Waals surface area contributed by atoms with E-state index in [0.717, 1.165) is 12.1 Å². The van der Waals surface area contributed by atoms with Gasteiger partial charge in [-0.1, -0.05) is 47.6 Å². The molecule has 3 nitrogen and oxygen atoms in total. The number of halogens is 4. The predicted molar refractivity (Wildman–Crippen MR) is 115 cm³/mol. The highest BCUT2D eigenvalue weighted by atomic mass is 19.4. The standard InChI is InChI=1S/C10H8F4O.C6H14N2.3C2H6/c1-6(15)4-7-2-3-8(9(11)5-7)10(12,13)14;1-7-3-5-8(2)6-4-7;3*1-2/h2-3,5H,4H2,1H3;3-6H2,1-2H3;3*1-2H3. The van der Waals surface area contributed by atoms with Crippen molar-refractivity contribution in [3.8, 4) is 0 Å². The van der Waals surface area contributed by atoms with Gasteiger partial charge in [-0.15, -0.1) is 0 Å². The zero-order valence-electron chi connectivity index (χ0n) is 19.6. The van der Waals surface area contributed by atoms with Gasteiger partial charge in [-0.25, -0.2) is 4.39 Å². The highest BCUT2D eigenvalue weighted by Gasteiger charge is 2.33. The van der Waals surface area contributed by atoms with E-state index in [2.05, 4.69) is 23.9 Å². The number of alkyl halides is 3.